The van der Waals surface area contributed by atoms with E-state index in [4.69, 9.17) is 15.8 Å². The van der Waals surface area contributed by atoms with Gasteiger partial charge in [-0.2, -0.15) is 0 Å². The molecule has 68 valence electrons. The van der Waals surface area contributed by atoms with E-state index < -0.39 is 13.2 Å². The molecule has 0 bridgehead atoms. The molecule has 1 aromatic carbocycles. The molecule has 4 N–H and O–H groups in total. The molecular weight excluding hydrogens is 173 g/mol. The molecule has 0 saturated heterocycles. The van der Waals surface area contributed by atoms with Gasteiger partial charge in [-0.3, -0.25) is 0 Å². The van der Waals surface area contributed by atoms with Gasteiger partial charge in [-0.15, -0.1) is 0 Å². The van der Waals surface area contributed by atoms with E-state index in [-0.39, 0.29) is 5.75 Å². The second-order valence-corrected chi connectivity index (χ2v) is 2.36. The van der Waals surface area contributed by atoms with Crippen LogP contribution in [0.25, 0.3) is 0 Å². The lowest BCUT2D eigenvalue weighted by atomic mass is 9.80. The van der Waals surface area contributed by atoms with Crippen molar-refractivity contribution in [3.05, 3.63) is 24.3 Å². The van der Waals surface area contributed by atoms with Crippen LogP contribution in [0.4, 0.5) is 4.79 Å². The standard InChI is InChI=1S/C7H8BNO4/c9-7(10)13-6-3-1-5(2-4-6)8(11)12/h1-4,11-12H,(H2,9,10). The molecule has 6 heteroatoms. The Morgan fingerprint density at radius 1 is 1.31 bits per heavy atom. The maximum absolute atomic E-state index is 10.3. The molecule has 0 fully saturated rings. The van der Waals surface area contributed by atoms with Crippen molar-refractivity contribution in [2.75, 3.05) is 0 Å². The summed E-state index contributed by atoms with van der Waals surface area (Å²) in [6, 6.07) is 5.67. The van der Waals surface area contributed by atoms with Crippen LogP contribution in [0.2, 0.25) is 0 Å². The number of ether oxygens (including phenoxy) is 1. The molecule has 1 rings (SSSR count). The van der Waals surface area contributed by atoms with E-state index in [1.807, 2.05) is 0 Å². The van der Waals surface area contributed by atoms with E-state index in [1.165, 1.54) is 24.3 Å². The molecule has 0 aliphatic rings. The molecule has 0 aliphatic heterocycles. The Labute approximate surface area is 74.9 Å². The highest BCUT2D eigenvalue weighted by molar-refractivity contribution is 6.58. The average molecular weight is 181 g/mol. The van der Waals surface area contributed by atoms with Gasteiger partial charge in [0.15, 0.2) is 0 Å². The van der Waals surface area contributed by atoms with Crippen molar-refractivity contribution in [1.82, 2.24) is 0 Å². The van der Waals surface area contributed by atoms with E-state index in [1.54, 1.807) is 0 Å². The SMILES string of the molecule is NC(=O)Oc1ccc(B(O)O)cc1. The summed E-state index contributed by atoms with van der Waals surface area (Å²) in [5.74, 6) is 0.261. The average Bonchev–Trinajstić information content (AvgIpc) is 2.04. The highest BCUT2D eigenvalue weighted by Crippen LogP contribution is 2.06. The molecule has 0 aliphatic carbocycles. The van der Waals surface area contributed by atoms with E-state index >= 15 is 0 Å². The predicted molar refractivity (Wildman–Crippen MR) is 46.5 cm³/mol. The number of rotatable bonds is 2. The van der Waals surface area contributed by atoms with Crippen molar-refractivity contribution in [2.45, 2.75) is 0 Å². The first kappa shape index (κ1) is 9.56. The van der Waals surface area contributed by atoms with Gasteiger partial charge < -0.3 is 20.5 Å². The first-order valence-corrected chi connectivity index (χ1v) is 3.53. The fourth-order valence-electron chi connectivity index (χ4n) is 0.824. The monoisotopic (exact) mass is 181 g/mol. The summed E-state index contributed by atoms with van der Waals surface area (Å²) >= 11 is 0. The third-order valence-corrected chi connectivity index (χ3v) is 1.40. The first-order chi connectivity index (χ1) is 6.09. The van der Waals surface area contributed by atoms with Crippen molar-refractivity contribution in [3.63, 3.8) is 0 Å². The third-order valence-electron chi connectivity index (χ3n) is 1.40. The lowest BCUT2D eigenvalue weighted by Gasteiger charge is -2.01. The minimum absolute atomic E-state index is 0.261. The smallest absolute Gasteiger partial charge is 0.423 e. The van der Waals surface area contributed by atoms with Crippen LogP contribution in [0, 0.1) is 0 Å². The van der Waals surface area contributed by atoms with Crippen molar-refractivity contribution in [1.29, 1.82) is 0 Å². The lowest BCUT2D eigenvalue weighted by Crippen LogP contribution is -2.29. The summed E-state index contributed by atoms with van der Waals surface area (Å²) in [5, 5.41) is 17.4. The van der Waals surface area contributed by atoms with Gasteiger partial charge in [0.1, 0.15) is 5.75 Å². The zero-order valence-corrected chi connectivity index (χ0v) is 6.68. The van der Waals surface area contributed by atoms with Gasteiger partial charge in [0.2, 0.25) is 0 Å². The molecule has 13 heavy (non-hydrogen) atoms. The third kappa shape index (κ3) is 2.77. The van der Waals surface area contributed by atoms with Gasteiger partial charge in [0.05, 0.1) is 0 Å². The molecule has 0 atom stereocenters. The number of carbonyl (C=O) groups excluding carboxylic acids is 1. The van der Waals surface area contributed by atoms with Gasteiger partial charge in [-0.05, 0) is 17.6 Å². The van der Waals surface area contributed by atoms with E-state index in [9.17, 15) is 4.79 Å². The molecule has 5 nitrogen and oxygen atoms in total. The van der Waals surface area contributed by atoms with Crippen LogP contribution in [0.5, 0.6) is 5.75 Å². The maximum atomic E-state index is 10.3. The summed E-state index contributed by atoms with van der Waals surface area (Å²) in [7, 11) is -1.53. The fraction of sp³-hybridized carbons (Fsp3) is 0. The molecule has 0 saturated carbocycles. The van der Waals surface area contributed by atoms with Gasteiger partial charge >= 0.3 is 13.2 Å². The molecule has 1 aromatic rings. The second-order valence-electron chi connectivity index (χ2n) is 2.36. The van der Waals surface area contributed by atoms with Crippen LogP contribution in [-0.4, -0.2) is 23.3 Å². The summed E-state index contributed by atoms with van der Waals surface area (Å²) in [6.45, 7) is 0. The van der Waals surface area contributed by atoms with Crippen molar-refractivity contribution in [2.24, 2.45) is 5.73 Å². The van der Waals surface area contributed by atoms with E-state index in [0.29, 0.717) is 5.46 Å². The Morgan fingerprint density at radius 2 is 1.85 bits per heavy atom. The Hall–Kier alpha value is -1.53. The highest BCUT2D eigenvalue weighted by atomic mass is 16.5. The van der Waals surface area contributed by atoms with Crippen molar-refractivity contribution >= 4 is 18.7 Å². The summed E-state index contributed by atoms with van der Waals surface area (Å²) in [5.41, 5.74) is 5.08. The second kappa shape index (κ2) is 3.93. The fourth-order valence-corrected chi connectivity index (χ4v) is 0.824. The van der Waals surface area contributed by atoms with Crippen LogP contribution in [0.3, 0.4) is 0 Å². The number of carbonyl (C=O) groups is 1. The number of hydrogen-bond donors (Lipinski definition) is 3. The summed E-state index contributed by atoms with van der Waals surface area (Å²) < 4.78 is 4.52. The summed E-state index contributed by atoms with van der Waals surface area (Å²) in [4.78, 5) is 10.3. The Morgan fingerprint density at radius 3 is 2.23 bits per heavy atom. The molecule has 0 spiro atoms. The quantitative estimate of drug-likeness (QED) is 0.500. The normalized spacial score (nSPS) is 9.38. The van der Waals surface area contributed by atoms with Crippen LogP contribution >= 0.6 is 0 Å². The number of amides is 1. The molecule has 0 unspecified atom stereocenters. The minimum Gasteiger partial charge on any atom is -0.423 e. The number of hydrogen-bond acceptors (Lipinski definition) is 4. The van der Waals surface area contributed by atoms with Crippen LogP contribution < -0.4 is 15.9 Å². The Kier molecular flexibility index (Phi) is 2.89. The number of nitrogens with two attached hydrogens (primary N) is 1. The Balaban J connectivity index is 2.75. The summed E-state index contributed by atoms with van der Waals surface area (Å²) in [6.07, 6.45) is -0.905. The first-order valence-electron chi connectivity index (χ1n) is 3.53. The van der Waals surface area contributed by atoms with Crippen LogP contribution in [0.15, 0.2) is 24.3 Å². The topological polar surface area (TPSA) is 92.8 Å². The van der Waals surface area contributed by atoms with Crippen molar-refractivity contribution < 1.29 is 19.6 Å². The van der Waals surface area contributed by atoms with Crippen LogP contribution in [0.1, 0.15) is 0 Å². The van der Waals surface area contributed by atoms with Crippen molar-refractivity contribution in [3.8, 4) is 5.75 Å². The Bertz CT molecular complexity index is 298. The van der Waals surface area contributed by atoms with Gasteiger partial charge in [-0.1, -0.05) is 12.1 Å². The maximum Gasteiger partial charge on any atom is 0.488 e. The largest absolute Gasteiger partial charge is 0.488 e. The number of benzene rings is 1. The van der Waals surface area contributed by atoms with Gasteiger partial charge in [-0.25, -0.2) is 4.79 Å². The lowest BCUT2D eigenvalue weighted by molar-refractivity contribution is 0.211. The number of primary amides is 1. The molecule has 0 aromatic heterocycles. The molecule has 0 heterocycles. The molecule has 0 radical (unpaired) electrons. The van der Waals surface area contributed by atoms with E-state index in [2.05, 4.69) is 4.74 Å². The van der Waals surface area contributed by atoms with Crippen LogP contribution in [-0.2, 0) is 0 Å². The predicted octanol–water partition coefficient (Wildman–Crippen LogP) is -1.18. The molecular formula is C7H8BNO4. The molecule has 1 amide bonds. The highest BCUT2D eigenvalue weighted by Gasteiger charge is 2.10. The minimum atomic E-state index is -1.53. The zero-order valence-electron chi connectivity index (χ0n) is 6.68. The van der Waals surface area contributed by atoms with Gasteiger partial charge in [0, 0.05) is 0 Å². The zero-order chi connectivity index (χ0) is 9.84. The van der Waals surface area contributed by atoms with E-state index in [0.717, 1.165) is 0 Å². The van der Waals surface area contributed by atoms with Gasteiger partial charge in [0.25, 0.3) is 0 Å².